The van der Waals surface area contributed by atoms with Gasteiger partial charge < -0.3 is 5.32 Å². The number of allylic oxidation sites excluding steroid dienone is 1. The van der Waals surface area contributed by atoms with Gasteiger partial charge in [0.05, 0.1) is 4.90 Å². The van der Waals surface area contributed by atoms with Crippen molar-refractivity contribution in [3.63, 3.8) is 0 Å². The van der Waals surface area contributed by atoms with Crippen molar-refractivity contribution in [2.75, 3.05) is 5.32 Å². The lowest BCUT2D eigenvalue weighted by molar-refractivity contribution is -0.114. The summed E-state index contributed by atoms with van der Waals surface area (Å²) in [5, 5.41) is 12.0. The third-order valence-electron chi connectivity index (χ3n) is 3.11. The summed E-state index contributed by atoms with van der Waals surface area (Å²) in [5.41, 5.74) is 1.11. The molecule has 0 unspecified atom stereocenters. The molecule has 1 amide bonds. The van der Waals surface area contributed by atoms with Crippen LogP contribution in [-0.2, 0) is 14.6 Å². The molecule has 0 aromatic heterocycles. The van der Waals surface area contributed by atoms with Gasteiger partial charge in [0.1, 0.15) is 11.0 Å². The smallest absolute Gasteiger partial charge is 0.221 e. The van der Waals surface area contributed by atoms with E-state index in [1.807, 2.05) is 0 Å². The number of rotatable bonds is 4. The molecule has 5 nitrogen and oxygen atoms in total. The molecule has 0 radical (unpaired) electrons. The summed E-state index contributed by atoms with van der Waals surface area (Å²) in [5.74, 6) is -0.205. The topological polar surface area (TPSA) is 87.0 Å². The van der Waals surface area contributed by atoms with Gasteiger partial charge in [-0.3, -0.25) is 4.79 Å². The molecule has 0 aliphatic rings. The lowest BCUT2D eigenvalue weighted by Crippen LogP contribution is -2.05. The number of sulfone groups is 1. The summed E-state index contributed by atoms with van der Waals surface area (Å²) in [4.78, 5) is 10.6. The van der Waals surface area contributed by atoms with Crippen molar-refractivity contribution in [3.8, 4) is 6.07 Å². The first-order chi connectivity index (χ1) is 11.7. The molecule has 0 heterocycles. The van der Waals surface area contributed by atoms with Gasteiger partial charge >= 0.3 is 0 Å². The van der Waals surface area contributed by atoms with Crippen molar-refractivity contribution >= 4 is 59.4 Å². The van der Waals surface area contributed by atoms with Gasteiger partial charge in [-0.1, -0.05) is 28.1 Å². The first kappa shape index (κ1) is 19.4. The van der Waals surface area contributed by atoms with E-state index in [0.29, 0.717) is 20.2 Å². The van der Waals surface area contributed by atoms with Gasteiger partial charge in [-0.25, -0.2) is 8.42 Å². The number of halogens is 2. The summed E-state index contributed by atoms with van der Waals surface area (Å²) >= 11 is 6.44. The van der Waals surface area contributed by atoms with Gasteiger partial charge in [0.15, 0.2) is 0 Å². The monoisotopic (exact) mass is 482 g/mol. The van der Waals surface area contributed by atoms with Crippen molar-refractivity contribution in [2.24, 2.45) is 0 Å². The highest BCUT2D eigenvalue weighted by atomic mass is 79.9. The Balaban J connectivity index is 2.44. The SMILES string of the molecule is CC(=O)Nc1ccc(C=C(C#N)S(=O)(=O)c2cc(Br)ccc2Br)cc1. The standard InChI is InChI=1S/C17H12Br2N2O3S/c1-11(22)21-14-5-2-12(3-6-14)8-15(10-20)25(23,24)17-9-13(18)4-7-16(17)19/h2-9H,1H3,(H,21,22). The van der Waals surface area contributed by atoms with E-state index in [-0.39, 0.29) is 15.7 Å². The predicted octanol–water partition coefficient (Wildman–Crippen LogP) is 4.51. The average Bonchev–Trinajstić information content (AvgIpc) is 2.55. The fourth-order valence-corrected chi connectivity index (χ4v) is 4.64. The van der Waals surface area contributed by atoms with Crippen LogP contribution in [0.3, 0.4) is 0 Å². The van der Waals surface area contributed by atoms with E-state index in [9.17, 15) is 18.5 Å². The lowest BCUT2D eigenvalue weighted by Gasteiger charge is -2.07. The molecule has 8 heteroatoms. The minimum Gasteiger partial charge on any atom is -0.326 e. The quantitative estimate of drug-likeness (QED) is 0.648. The summed E-state index contributed by atoms with van der Waals surface area (Å²) in [6.07, 6.45) is 1.29. The average molecular weight is 484 g/mol. The van der Waals surface area contributed by atoms with E-state index in [2.05, 4.69) is 37.2 Å². The number of hydrogen-bond donors (Lipinski definition) is 1. The number of benzene rings is 2. The molecule has 2 rings (SSSR count). The molecular formula is C17H12Br2N2O3S. The van der Waals surface area contributed by atoms with Gasteiger partial charge in [-0.05, 0) is 57.9 Å². The second kappa shape index (κ2) is 7.95. The molecule has 0 bridgehead atoms. The summed E-state index contributed by atoms with van der Waals surface area (Å²) in [6.45, 7) is 1.39. The number of nitrogens with one attached hydrogen (secondary N) is 1. The molecule has 0 atom stereocenters. The molecule has 128 valence electrons. The Labute approximate surface area is 162 Å². The number of hydrogen-bond acceptors (Lipinski definition) is 4. The van der Waals surface area contributed by atoms with Gasteiger partial charge in [-0.2, -0.15) is 5.26 Å². The third kappa shape index (κ3) is 4.78. The van der Waals surface area contributed by atoms with E-state index >= 15 is 0 Å². The molecule has 2 aromatic carbocycles. The summed E-state index contributed by atoms with van der Waals surface area (Å²) < 4.78 is 26.5. The van der Waals surface area contributed by atoms with Crippen LogP contribution in [0.5, 0.6) is 0 Å². The molecule has 0 aliphatic heterocycles. The van der Waals surface area contributed by atoms with Crippen LogP contribution < -0.4 is 5.32 Å². The molecule has 0 saturated heterocycles. The highest BCUT2D eigenvalue weighted by molar-refractivity contribution is 9.11. The second-order valence-corrected chi connectivity index (χ2v) is 8.66. The molecule has 0 spiro atoms. The van der Waals surface area contributed by atoms with E-state index in [1.165, 1.54) is 19.1 Å². The Morgan fingerprint density at radius 2 is 1.80 bits per heavy atom. The van der Waals surface area contributed by atoms with Crippen LogP contribution in [0.1, 0.15) is 12.5 Å². The van der Waals surface area contributed by atoms with Crippen molar-refractivity contribution < 1.29 is 13.2 Å². The Morgan fingerprint density at radius 3 is 2.36 bits per heavy atom. The third-order valence-corrected chi connectivity index (χ3v) is 6.26. The van der Waals surface area contributed by atoms with E-state index in [0.717, 1.165) is 0 Å². The Bertz CT molecular complexity index is 992. The van der Waals surface area contributed by atoms with Crippen molar-refractivity contribution in [2.45, 2.75) is 11.8 Å². The molecule has 0 aliphatic carbocycles. The highest BCUT2D eigenvalue weighted by Crippen LogP contribution is 2.30. The van der Waals surface area contributed by atoms with E-state index in [4.69, 9.17) is 0 Å². The van der Waals surface area contributed by atoms with Crippen LogP contribution >= 0.6 is 31.9 Å². The zero-order valence-corrected chi connectivity index (χ0v) is 16.9. The number of anilines is 1. The number of amides is 1. The van der Waals surface area contributed by atoms with Crippen molar-refractivity contribution in [1.29, 1.82) is 5.26 Å². The minimum atomic E-state index is -3.98. The molecule has 0 fully saturated rings. The van der Waals surface area contributed by atoms with Crippen LogP contribution in [0.2, 0.25) is 0 Å². The summed E-state index contributed by atoms with van der Waals surface area (Å²) in [7, 11) is -3.98. The zero-order chi connectivity index (χ0) is 18.6. The second-order valence-electron chi connectivity index (χ2n) is 5.00. The number of nitriles is 1. The van der Waals surface area contributed by atoms with Crippen LogP contribution in [0.15, 0.2) is 61.2 Å². The fourth-order valence-electron chi connectivity index (χ4n) is 1.99. The largest absolute Gasteiger partial charge is 0.326 e. The Morgan fingerprint density at radius 1 is 1.16 bits per heavy atom. The first-order valence-electron chi connectivity index (χ1n) is 6.93. The maximum atomic E-state index is 12.8. The van der Waals surface area contributed by atoms with Gasteiger partial charge in [-0.15, -0.1) is 0 Å². The summed E-state index contributed by atoms with van der Waals surface area (Å²) in [6, 6.07) is 13.0. The van der Waals surface area contributed by atoms with Crippen LogP contribution in [0, 0.1) is 11.3 Å². The number of carbonyl (C=O) groups excluding carboxylic acids is 1. The highest BCUT2D eigenvalue weighted by Gasteiger charge is 2.23. The lowest BCUT2D eigenvalue weighted by atomic mass is 10.2. The molecule has 25 heavy (non-hydrogen) atoms. The molecule has 2 aromatic rings. The number of carbonyl (C=O) groups is 1. The van der Waals surface area contributed by atoms with Crippen molar-refractivity contribution in [1.82, 2.24) is 0 Å². The minimum absolute atomic E-state index is 0.00421. The van der Waals surface area contributed by atoms with Crippen LogP contribution in [0.25, 0.3) is 6.08 Å². The molecular weight excluding hydrogens is 472 g/mol. The van der Waals surface area contributed by atoms with E-state index < -0.39 is 9.84 Å². The van der Waals surface area contributed by atoms with Gasteiger partial charge in [0, 0.05) is 21.6 Å². The van der Waals surface area contributed by atoms with Gasteiger partial charge in [0.2, 0.25) is 15.7 Å². The van der Waals surface area contributed by atoms with Crippen LogP contribution in [0.4, 0.5) is 5.69 Å². The fraction of sp³-hybridized carbons (Fsp3) is 0.0588. The Hall–Kier alpha value is -1.95. The molecule has 1 N–H and O–H groups in total. The molecule has 0 saturated carbocycles. The predicted molar refractivity (Wildman–Crippen MR) is 103 cm³/mol. The van der Waals surface area contributed by atoms with Crippen molar-refractivity contribution in [3.05, 3.63) is 61.9 Å². The van der Waals surface area contributed by atoms with Crippen LogP contribution in [-0.4, -0.2) is 14.3 Å². The number of nitrogens with zero attached hydrogens (tertiary/aromatic N) is 1. The normalized spacial score (nSPS) is 11.7. The Kier molecular flexibility index (Phi) is 6.16. The maximum absolute atomic E-state index is 12.8. The maximum Gasteiger partial charge on any atom is 0.221 e. The van der Waals surface area contributed by atoms with Gasteiger partial charge in [0.25, 0.3) is 0 Å². The zero-order valence-electron chi connectivity index (χ0n) is 13.0. The first-order valence-corrected chi connectivity index (χ1v) is 10.0. The van der Waals surface area contributed by atoms with E-state index in [1.54, 1.807) is 42.5 Å².